The van der Waals surface area contributed by atoms with E-state index in [-0.39, 0.29) is 5.91 Å². The molecule has 2 N–H and O–H groups in total. The van der Waals surface area contributed by atoms with Crippen LogP contribution in [-0.2, 0) is 16.1 Å². The van der Waals surface area contributed by atoms with E-state index in [1.165, 1.54) is 5.56 Å². The number of piperazine rings is 1. The van der Waals surface area contributed by atoms with Crippen molar-refractivity contribution in [3.8, 4) is 0 Å². The average Bonchev–Trinajstić information content (AvgIpc) is 2.65. The molecule has 144 valence electrons. The minimum Gasteiger partial charge on any atom is -0.383 e. The fraction of sp³-hybridized carbons (Fsp3) is 0.556. The van der Waals surface area contributed by atoms with Crippen LogP contribution in [-0.4, -0.2) is 81.7 Å². The molecule has 0 atom stereocenters. The largest absolute Gasteiger partial charge is 0.383 e. The van der Waals surface area contributed by atoms with Crippen molar-refractivity contribution in [1.82, 2.24) is 20.4 Å². The summed E-state index contributed by atoms with van der Waals surface area (Å²) >= 11 is 3.45. The Hall–Kier alpha value is -1.64. The number of carbonyl (C=O) groups excluding carboxylic acids is 1. The van der Waals surface area contributed by atoms with Gasteiger partial charge in [-0.3, -0.25) is 14.7 Å². The molecule has 1 amide bonds. The minimum absolute atomic E-state index is 0.0493. The molecule has 1 aliphatic rings. The molecule has 1 aromatic rings. The highest BCUT2D eigenvalue weighted by Crippen LogP contribution is 2.10. The first kappa shape index (κ1) is 20.7. The van der Waals surface area contributed by atoms with E-state index in [1.807, 2.05) is 12.1 Å². The third kappa shape index (κ3) is 6.93. The lowest BCUT2D eigenvalue weighted by Crippen LogP contribution is -2.54. The topological polar surface area (TPSA) is 69.2 Å². The van der Waals surface area contributed by atoms with Gasteiger partial charge in [0.15, 0.2) is 5.96 Å². The third-order valence-electron chi connectivity index (χ3n) is 4.24. The maximum atomic E-state index is 11.9. The molecule has 1 aromatic carbocycles. The molecule has 0 radical (unpaired) electrons. The van der Waals surface area contributed by atoms with Crippen LogP contribution in [0.1, 0.15) is 5.56 Å². The SMILES string of the molecule is CN=C(NCc1ccc(Br)cc1)N1CCN(CC(=O)NCCOC)CC1. The zero-order valence-electron chi connectivity index (χ0n) is 15.5. The molecule has 7 nitrogen and oxygen atoms in total. The Morgan fingerprint density at radius 3 is 2.50 bits per heavy atom. The number of carbonyl (C=O) groups is 1. The standard InChI is InChI=1S/C18H28BrN5O2/c1-20-18(22-13-15-3-5-16(19)6-4-15)24-10-8-23(9-11-24)14-17(25)21-7-12-26-2/h3-6H,7-14H2,1-2H3,(H,20,22)(H,21,25). The van der Waals surface area contributed by atoms with Crippen molar-refractivity contribution in [2.45, 2.75) is 6.54 Å². The second kappa shape index (κ2) is 11.2. The monoisotopic (exact) mass is 425 g/mol. The molecule has 1 fully saturated rings. The van der Waals surface area contributed by atoms with Crippen molar-refractivity contribution >= 4 is 27.8 Å². The molecular weight excluding hydrogens is 398 g/mol. The second-order valence-electron chi connectivity index (χ2n) is 6.13. The van der Waals surface area contributed by atoms with Crippen LogP contribution in [0.15, 0.2) is 33.7 Å². The summed E-state index contributed by atoms with van der Waals surface area (Å²) in [5, 5.41) is 6.27. The summed E-state index contributed by atoms with van der Waals surface area (Å²) in [6, 6.07) is 8.25. The van der Waals surface area contributed by atoms with Crippen molar-refractivity contribution in [3.05, 3.63) is 34.3 Å². The van der Waals surface area contributed by atoms with Gasteiger partial charge in [-0.05, 0) is 17.7 Å². The van der Waals surface area contributed by atoms with Crippen molar-refractivity contribution in [2.75, 3.05) is 60.0 Å². The zero-order valence-corrected chi connectivity index (χ0v) is 17.1. The highest BCUT2D eigenvalue weighted by atomic mass is 79.9. The lowest BCUT2D eigenvalue weighted by Gasteiger charge is -2.36. The van der Waals surface area contributed by atoms with Crippen LogP contribution in [0.2, 0.25) is 0 Å². The quantitative estimate of drug-likeness (QED) is 0.385. The molecule has 0 aromatic heterocycles. The second-order valence-corrected chi connectivity index (χ2v) is 7.05. The molecule has 0 aliphatic carbocycles. The molecule has 0 unspecified atom stereocenters. The van der Waals surface area contributed by atoms with Crippen molar-refractivity contribution in [2.24, 2.45) is 4.99 Å². The first-order valence-electron chi connectivity index (χ1n) is 8.80. The van der Waals surface area contributed by atoms with Gasteiger partial charge in [-0.15, -0.1) is 0 Å². The van der Waals surface area contributed by atoms with E-state index in [0.717, 1.165) is 43.2 Å². The maximum absolute atomic E-state index is 11.9. The molecule has 2 rings (SSSR count). The van der Waals surface area contributed by atoms with Crippen molar-refractivity contribution in [3.63, 3.8) is 0 Å². The molecule has 8 heteroatoms. The molecule has 26 heavy (non-hydrogen) atoms. The van der Waals surface area contributed by atoms with Crippen LogP contribution >= 0.6 is 15.9 Å². The molecule has 1 heterocycles. The lowest BCUT2D eigenvalue weighted by atomic mass is 10.2. The first-order valence-corrected chi connectivity index (χ1v) is 9.59. The fourth-order valence-corrected chi connectivity index (χ4v) is 3.05. The number of benzene rings is 1. The van der Waals surface area contributed by atoms with Crippen LogP contribution in [0.4, 0.5) is 0 Å². The van der Waals surface area contributed by atoms with E-state index in [1.54, 1.807) is 14.2 Å². The van der Waals surface area contributed by atoms with Crippen molar-refractivity contribution < 1.29 is 9.53 Å². The number of amides is 1. The summed E-state index contributed by atoms with van der Waals surface area (Å²) in [5.74, 6) is 0.949. The molecule has 1 saturated heterocycles. The van der Waals surface area contributed by atoms with Crippen LogP contribution in [0.3, 0.4) is 0 Å². The van der Waals surface area contributed by atoms with E-state index in [0.29, 0.717) is 19.7 Å². The van der Waals surface area contributed by atoms with Crippen LogP contribution in [0.5, 0.6) is 0 Å². The number of hydrogen-bond acceptors (Lipinski definition) is 4. The van der Waals surface area contributed by atoms with Crippen LogP contribution < -0.4 is 10.6 Å². The first-order chi connectivity index (χ1) is 12.6. The highest BCUT2D eigenvalue weighted by Gasteiger charge is 2.20. The Labute approximate surface area is 163 Å². The molecule has 0 bridgehead atoms. The van der Waals surface area contributed by atoms with E-state index in [2.05, 4.69) is 53.5 Å². The number of aliphatic imine (C=N–C) groups is 1. The number of ether oxygens (including phenoxy) is 1. The molecule has 1 aliphatic heterocycles. The predicted molar refractivity (Wildman–Crippen MR) is 107 cm³/mol. The van der Waals surface area contributed by atoms with Gasteiger partial charge in [0.25, 0.3) is 0 Å². The van der Waals surface area contributed by atoms with Crippen LogP contribution in [0.25, 0.3) is 0 Å². The Morgan fingerprint density at radius 1 is 1.19 bits per heavy atom. The number of methoxy groups -OCH3 is 1. The molecular formula is C18H28BrN5O2. The van der Waals surface area contributed by atoms with Gasteiger partial charge < -0.3 is 20.3 Å². The lowest BCUT2D eigenvalue weighted by molar-refractivity contribution is -0.122. The minimum atomic E-state index is 0.0493. The number of hydrogen-bond donors (Lipinski definition) is 2. The number of guanidine groups is 1. The Morgan fingerprint density at radius 2 is 1.88 bits per heavy atom. The normalized spacial score (nSPS) is 15.8. The fourth-order valence-electron chi connectivity index (χ4n) is 2.78. The predicted octanol–water partition coefficient (Wildman–Crippen LogP) is 0.905. The van der Waals surface area contributed by atoms with E-state index in [9.17, 15) is 4.79 Å². The van der Waals surface area contributed by atoms with Crippen LogP contribution in [0, 0.1) is 0 Å². The number of rotatable bonds is 7. The van der Waals surface area contributed by atoms with Gasteiger partial charge in [-0.25, -0.2) is 0 Å². The zero-order chi connectivity index (χ0) is 18.8. The Bertz CT molecular complexity index is 586. The van der Waals surface area contributed by atoms with E-state index in [4.69, 9.17) is 4.74 Å². The van der Waals surface area contributed by atoms with Gasteiger partial charge in [0.05, 0.1) is 13.2 Å². The Kier molecular flexibility index (Phi) is 8.87. The summed E-state index contributed by atoms with van der Waals surface area (Å²) in [4.78, 5) is 20.7. The summed E-state index contributed by atoms with van der Waals surface area (Å²) < 4.78 is 6.02. The van der Waals surface area contributed by atoms with Gasteiger partial charge in [-0.2, -0.15) is 0 Å². The average molecular weight is 426 g/mol. The van der Waals surface area contributed by atoms with Gasteiger partial charge in [0, 0.05) is 57.9 Å². The van der Waals surface area contributed by atoms with E-state index >= 15 is 0 Å². The van der Waals surface area contributed by atoms with Gasteiger partial charge in [-0.1, -0.05) is 28.1 Å². The summed E-state index contributed by atoms with van der Waals surface area (Å²) in [6.07, 6.45) is 0. The highest BCUT2D eigenvalue weighted by molar-refractivity contribution is 9.10. The number of nitrogens with one attached hydrogen (secondary N) is 2. The van der Waals surface area contributed by atoms with E-state index < -0.39 is 0 Å². The molecule has 0 spiro atoms. The van der Waals surface area contributed by atoms with Gasteiger partial charge in [0.1, 0.15) is 0 Å². The Balaban J connectivity index is 1.73. The maximum Gasteiger partial charge on any atom is 0.234 e. The van der Waals surface area contributed by atoms with Gasteiger partial charge in [0.2, 0.25) is 5.91 Å². The summed E-state index contributed by atoms with van der Waals surface area (Å²) in [6.45, 7) is 5.66. The third-order valence-corrected chi connectivity index (χ3v) is 4.77. The number of halogens is 1. The van der Waals surface area contributed by atoms with Crippen molar-refractivity contribution in [1.29, 1.82) is 0 Å². The smallest absolute Gasteiger partial charge is 0.234 e. The summed E-state index contributed by atoms with van der Waals surface area (Å²) in [7, 11) is 3.43. The van der Waals surface area contributed by atoms with Gasteiger partial charge >= 0.3 is 0 Å². The molecule has 0 saturated carbocycles. The summed E-state index contributed by atoms with van der Waals surface area (Å²) in [5.41, 5.74) is 1.21. The number of nitrogens with zero attached hydrogens (tertiary/aromatic N) is 3.